The zero-order valence-electron chi connectivity index (χ0n) is 20.7. The molecule has 0 saturated heterocycles. The average molecular weight is 443 g/mol. The van der Waals surface area contributed by atoms with Gasteiger partial charge in [0.2, 0.25) is 11.8 Å². The summed E-state index contributed by atoms with van der Waals surface area (Å²) in [5.41, 5.74) is 0.775. The number of hydrogen-bond donors (Lipinski definition) is 3. The molecule has 0 aliphatic heterocycles. The highest BCUT2D eigenvalue weighted by Crippen LogP contribution is 2.55. The molecule has 0 bridgehead atoms. The Hall–Kier alpha value is -1.88. The fraction of sp³-hybridized carbons (Fsp3) is 0.704. The van der Waals surface area contributed by atoms with Gasteiger partial charge in [0, 0.05) is 17.5 Å². The molecule has 0 heterocycles. The molecule has 32 heavy (non-hydrogen) atoms. The quantitative estimate of drug-likeness (QED) is 0.643. The molecular weight excluding hydrogens is 400 g/mol. The Morgan fingerprint density at radius 2 is 1.78 bits per heavy atom. The first-order valence-electron chi connectivity index (χ1n) is 12.2. The van der Waals surface area contributed by atoms with Gasteiger partial charge in [-0.25, -0.2) is 0 Å². The van der Waals surface area contributed by atoms with E-state index in [1.54, 1.807) is 0 Å². The van der Waals surface area contributed by atoms with E-state index < -0.39 is 6.10 Å². The van der Waals surface area contributed by atoms with Crippen LogP contribution in [0.15, 0.2) is 30.3 Å². The second kappa shape index (κ2) is 9.54. The van der Waals surface area contributed by atoms with Gasteiger partial charge in [0.1, 0.15) is 0 Å². The van der Waals surface area contributed by atoms with E-state index in [0.717, 1.165) is 31.2 Å². The van der Waals surface area contributed by atoms with E-state index in [0.29, 0.717) is 6.42 Å². The monoisotopic (exact) mass is 442 g/mol. The van der Waals surface area contributed by atoms with E-state index in [1.807, 2.05) is 58.0 Å². The number of nitrogens with one attached hydrogen (secondary N) is 2. The third kappa shape index (κ3) is 5.54. The SMILES string of the molecule is C[C@H]1[C@@H]2[C@@H](O)[C@@H]([C@H](C)C(=O)NC(C)(C)C)CC[C@@]2(C)CC[C@@H]1NC(=O)Cc1ccccc1. The summed E-state index contributed by atoms with van der Waals surface area (Å²) < 4.78 is 0. The minimum Gasteiger partial charge on any atom is -0.392 e. The second-order valence-electron chi connectivity index (χ2n) is 11.6. The van der Waals surface area contributed by atoms with Gasteiger partial charge in [-0.2, -0.15) is 0 Å². The lowest BCUT2D eigenvalue weighted by atomic mass is 9.51. The van der Waals surface area contributed by atoms with Gasteiger partial charge in [0.25, 0.3) is 0 Å². The van der Waals surface area contributed by atoms with Crippen LogP contribution >= 0.6 is 0 Å². The normalized spacial score (nSPS) is 33.7. The maximum Gasteiger partial charge on any atom is 0.224 e. The highest BCUT2D eigenvalue weighted by Gasteiger charge is 2.53. The minimum atomic E-state index is -0.543. The molecule has 0 unspecified atom stereocenters. The summed E-state index contributed by atoms with van der Waals surface area (Å²) in [6.07, 6.45) is 3.64. The van der Waals surface area contributed by atoms with E-state index in [9.17, 15) is 14.7 Å². The number of benzene rings is 1. The first-order valence-corrected chi connectivity index (χ1v) is 12.2. The molecular formula is C27H42N2O3. The highest BCUT2D eigenvalue weighted by molar-refractivity contribution is 5.79. The van der Waals surface area contributed by atoms with Crippen LogP contribution in [-0.2, 0) is 16.0 Å². The van der Waals surface area contributed by atoms with Gasteiger partial charge in [-0.15, -0.1) is 0 Å². The van der Waals surface area contributed by atoms with Crippen molar-refractivity contribution in [2.75, 3.05) is 0 Å². The number of amides is 2. The van der Waals surface area contributed by atoms with Crippen LogP contribution in [0, 0.1) is 29.1 Å². The van der Waals surface area contributed by atoms with Gasteiger partial charge in [0.15, 0.2) is 0 Å². The number of aliphatic hydroxyl groups is 1. The second-order valence-corrected chi connectivity index (χ2v) is 11.6. The molecule has 3 rings (SSSR count). The van der Waals surface area contributed by atoms with Gasteiger partial charge in [-0.1, -0.05) is 51.1 Å². The molecule has 5 heteroatoms. The summed E-state index contributed by atoms with van der Waals surface area (Å²) in [4.78, 5) is 25.5. The number of rotatable bonds is 5. The standard InChI is InChI=1S/C27H42N2O3/c1-17(25(32)29-26(3,4)5)20-12-14-27(6)15-13-21(18(2)23(27)24(20)31)28-22(30)16-19-10-8-7-9-11-19/h7-11,17-18,20-21,23-24,31H,12-16H2,1-6H3,(H,28,30)(H,29,32)/t17-,18+,20+,21-,23+,24-,27-/m0/s1. The van der Waals surface area contributed by atoms with Crippen molar-refractivity contribution in [1.82, 2.24) is 10.6 Å². The van der Waals surface area contributed by atoms with Crippen molar-refractivity contribution in [3.8, 4) is 0 Å². The molecule has 0 spiro atoms. The Balaban J connectivity index is 1.69. The van der Waals surface area contributed by atoms with Gasteiger partial charge in [-0.05, 0) is 75.2 Å². The molecule has 7 atom stereocenters. The molecule has 1 aromatic rings. The Labute approximate surface area is 193 Å². The van der Waals surface area contributed by atoms with Crippen molar-refractivity contribution in [2.24, 2.45) is 29.1 Å². The first-order chi connectivity index (χ1) is 14.9. The maximum atomic E-state index is 12.8. The molecule has 0 radical (unpaired) electrons. The smallest absolute Gasteiger partial charge is 0.224 e. The molecule has 178 valence electrons. The molecule has 2 fully saturated rings. The van der Waals surface area contributed by atoms with Gasteiger partial charge in [0.05, 0.1) is 12.5 Å². The van der Waals surface area contributed by atoms with Crippen LogP contribution in [0.4, 0.5) is 0 Å². The summed E-state index contributed by atoms with van der Waals surface area (Å²) in [5, 5.41) is 17.8. The molecule has 1 aromatic carbocycles. The molecule has 3 N–H and O–H groups in total. The lowest BCUT2D eigenvalue weighted by Gasteiger charge is -2.56. The summed E-state index contributed by atoms with van der Waals surface area (Å²) in [5.74, 6) is -0.0190. The third-order valence-electron chi connectivity index (χ3n) is 8.00. The zero-order chi connectivity index (χ0) is 23.7. The zero-order valence-corrected chi connectivity index (χ0v) is 20.7. The van der Waals surface area contributed by atoms with Crippen LogP contribution < -0.4 is 10.6 Å². The van der Waals surface area contributed by atoms with Crippen LogP contribution in [-0.4, -0.2) is 34.6 Å². The van der Waals surface area contributed by atoms with E-state index in [-0.39, 0.29) is 52.5 Å². The average Bonchev–Trinajstić information content (AvgIpc) is 2.69. The molecule has 2 aliphatic rings. The lowest BCUT2D eigenvalue weighted by Crippen LogP contribution is -2.59. The molecule has 2 aliphatic carbocycles. The number of aliphatic hydroxyl groups excluding tert-OH is 1. The van der Waals surface area contributed by atoms with Crippen molar-refractivity contribution >= 4 is 11.8 Å². The van der Waals surface area contributed by atoms with Crippen LogP contribution in [0.1, 0.15) is 72.8 Å². The van der Waals surface area contributed by atoms with Gasteiger partial charge < -0.3 is 15.7 Å². The number of fused-ring (bicyclic) bond motifs is 1. The summed E-state index contributed by atoms with van der Waals surface area (Å²) in [7, 11) is 0. The van der Waals surface area contributed by atoms with E-state index in [1.165, 1.54) is 0 Å². The van der Waals surface area contributed by atoms with E-state index >= 15 is 0 Å². The molecule has 0 aromatic heterocycles. The van der Waals surface area contributed by atoms with E-state index in [2.05, 4.69) is 24.5 Å². The maximum absolute atomic E-state index is 12.8. The number of carbonyl (C=O) groups is 2. The van der Waals surface area contributed by atoms with Crippen LogP contribution in [0.2, 0.25) is 0 Å². The summed E-state index contributed by atoms with van der Waals surface area (Å²) in [6.45, 7) is 12.4. The Bertz CT molecular complexity index is 803. The minimum absolute atomic E-state index is 0.0151. The van der Waals surface area contributed by atoms with Crippen LogP contribution in [0.5, 0.6) is 0 Å². The van der Waals surface area contributed by atoms with Gasteiger partial charge >= 0.3 is 0 Å². The predicted octanol–water partition coefficient (Wildman–Crippen LogP) is 4.09. The van der Waals surface area contributed by atoms with Crippen LogP contribution in [0.3, 0.4) is 0 Å². The van der Waals surface area contributed by atoms with Crippen molar-refractivity contribution in [3.05, 3.63) is 35.9 Å². The van der Waals surface area contributed by atoms with E-state index in [4.69, 9.17) is 0 Å². The fourth-order valence-electron chi connectivity index (χ4n) is 6.21. The lowest BCUT2D eigenvalue weighted by molar-refractivity contribution is -0.144. The predicted molar refractivity (Wildman–Crippen MR) is 128 cm³/mol. The summed E-state index contributed by atoms with van der Waals surface area (Å²) in [6, 6.07) is 9.85. The molecule has 5 nitrogen and oxygen atoms in total. The molecule has 2 amide bonds. The largest absolute Gasteiger partial charge is 0.392 e. The highest BCUT2D eigenvalue weighted by atomic mass is 16.3. The Morgan fingerprint density at radius 3 is 2.41 bits per heavy atom. The molecule has 2 saturated carbocycles. The van der Waals surface area contributed by atoms with Crippen molar-refractivity contribution in [2.45, 2.75) is 91.3 Å². The van der Waals surface area contributed by atoms with Crippen LogP contribution in [0.25, 0.3) is 0 Å². The Kier molecular flexibility index (Phi) is 7.38. The number of carbonyl (C=O) groups excluding carboxylic acids is 2. The third-order valence-corrected chi connectivity index (χ3v) is 8.00. The van der Waals surface area contributed by atoms with Crippen molar-refractivity contribution < 1.29 is 14.7 Å². The first kappa shape index (κ1) is 24.8. The van der Waals surface area contributed by atoms with Crippen molar-refractivity contribution in [3.63, 3.8) is 0 Å². The topological polar surface area (TPSA) is 78.4 Å². The van der Waals surface area contributed by atoms with Gasteiger partial charge in [-0.3, -0.25) is 9.59 Å². The van der Waals surface area contributed by atoms with Crippen molar-refractivity contribution in [1.29, 1.82) is 0 Å². The Morgan fingerprint density at radius 1 is 1.16 bits per heavy atom. The number of hydrogen-bond acceptors (Lipinski definition) is 3. The fourth-order valence-corrected chi connectivity index (χ4v) is 6.21. The summed E-state index contributed by atoms with van der Waals surface area (Å²) >= 11 is 0.